The molecule has 0 radical (unpaired) electrons. The molecular formula is C19H27N3O5. The van der Waals surface area contributed by atoms with Crippen molar-refractivity contribution in [2.45, 2.75) is 19.4 Å². The standard InChI is InChI=1S/C19H27N3O5/c1-20(2)19(26)22-10-8-15(9-11-22)18(25)21(3)12-14-4-6-16(7-5-14)27-13-17(23)24/h4-7,15H,8-13H2,1-3H3,(H,23,24). The lowest BCUT2D eigenvalue weighted by atomic mass is 9.95. The summed E-state index contributed by atoms with van der Waals surface area (Å²) in [5.74, 6) is -0.534. The van der Waals surface area contributed by atoms with Gasteiger partial charge in [0.15, 0.2) is 6.61 Å². The van der Waals surface area contributed by atoms with E-state index >= 15 is 0 Å². The maximum Gasteiger partial charge on any atom is 0.341 e. The van der Waals surface area contributed by atoms with Gasteiger partial charge < -0.3 is 24.5 Å². The molecule has 0 saturated carbocycles. The van der Waals surface area contributed by atoms with E-state index in [9.17, 15) is 14.4 Å². The lowest BCUT2D eigenvalue weighted by molar-refractivity contribution is -0.139. The van der Waals surface area contributed by atoms with Gasteiger partial charge in [-0.25, -0.2) is 9.59 Å². The lowest BCUT2D eigenvalue weighted by Gasteiger charge is -2.34. The Morgan fingerprint density at radius 2 is 1.70 bits per heavy atom. The van der Waals surface area contributed by atoms with Gasteiger partial charge in [0.2, 0.25) is 5.91 Å². The van der Waals surface area contributed by atoms with Gasteiger partial charge in [0, 0.05) is 46.7 Å². The molecule has 0 aromatic heterocycles. The first-order valence-corrected chi connectivity index (χ1v) is 8.92. The highest BCUT2D eigenvalue weighted by Crippen LogP contribution is 2.21. The SMILES string of the molecule is CN(C)C(=O)N1CCC(C(=O)N(C)Cc2ccc(OCC(=O)O)cc2)CC1. The fourth-order valence-corrected chi connectivity index (χ4v) is 3.10. The van der Waals surface area contributed by atoms with Crippen molar-refractivity contribution < 1.29 is 24.2 Å². The summed E-state index contributed by atoms with van der Waals surface area (Å²) in [7, 11) is 5.23. The molecule has 148 valence electrons. The normalized spacial score (nSPS) is 14.6. The number of carboxylic acid groups (broad SMARTS) is 1. The average molecular weight is 377 g/mol. The summed E-state index contributed by atoms with van der Waals surface area (Å²) >= 11 is 0. The smallest absolute Gasteiger partial charge is 0.341 e. The molecule has 1 N–H and O–H groups in total. The van der Waals surface area contributed by atoms with Crippen LogP contribution in [0.25, 0.3) is 0 Å². The molecule has 1 heterocycles. The third-order valence-corrected chi connectivity index (χ3v) is 4.58. The van der Waals surface area contributed by atoms with Crippen LogP contribution < -0.4 is 4.74 Å². The zero-order chi connectivity index (χ0) is 20.0. The number of piperidine rings is 1. The molecule has 1 aliphatic rings. The fourth-order valence-electron chi connectivity index (χ4n) is 3.10. The van der Waals surface area contributed by atoms with Crippen LogP contribution in [-0.4, -0.2) is 78.6 Å². The number of aliphatic carboxylic acids is 1. The molecule has 8 nitrogen and oxygen atoms in total. The molecule has 1 aromatic rings. The molecular weight excluding hydrogens is 350 g/mol. The van der Waals surface area contributed by atoms with Gasteiger partial charge in [-0.2, -0.15) is 0 Å². The molecule has 1 aliphatic heterocycles. The molecule has 0 spiro atoms. The molecule has 0 unspecified atom stereocenters. The number of carboxylic acids is 1. The van der Waals surface area contributed by atoms with E-state index in [0.717, 1.165) is 5.56 Å². The first-order chi connectivity index (χ1) is 12.8. The Balaban J connectivity index is 1.83. The fraction of sp³-hybridized carbons (Fsp3) is 0.526. The van der Waals surface area contributed by atoms with E-state index in [2.05, 4.69) is 0 Å². The Morgan fingerprint density at radius 3 is 2.22 bits per heavy atom. The van der Waals surface area contributed by atoms with Crippen molar-refractivity contribution in [1.29, 1.82) is 0 Å². The van der Waals surface area contributed by atoms with E-state index in [1.54, 1.807) is 48.0 Å². The van der Waals surface area contributed by atoms with Crippen molar-refractivity contribution in [3.63, 3.8) is 0 Å². The van der Waals surface area contributed by atoms with Gasteiger partial charge in [-0.1, -0.05) is 12.1 Å². The first kappa shape index (κ1) is 20.5. The Morgan fingerprint density at radius 1 is 1.11 bits per heavy atom. The maximum absolute atomic E-state index is 12.7. The quantitative estimate of drug-likeness (QED) is 0.811. The van der Waals surface area contributed by atoms with Crippen LogP contribution in [0.5, 0.6) is 5.75 Å². The number of hydrogen-bond donors (Lipinski definition) is 1. The summed E-state index contributed by atoms with van der Waals surface area (Å²) in [5, 5.41) is 8.61. The van der Waals surface area contributed by atoms with Crippen molar-refractivity contribution in [1.82, 2.24) is 14.7 Å². The molecule has 1 fully saturated rings. The Labute approximate surface area is 159 Å². The van der Waals surface area contributed by atoms with Gasteiger partial charge in [0.05, 0.1) is 0 Å². The highest BCUT2D eigenvalue weighted by molar-refractivity contribution is 5.79. The van der Waals surface area contributed by atoms with Crippen molar-refractivity contribution in [2.24, 2.45) is 5.92 Å². The molecule has 0 atom stereocenters. The van der Waals surface area contributed by atoms with E-state index in [1.807, 2.05) is 12.1 Å². The highest BCUT2D eigenvalue weighted by atomic mass is 16.5. The number of ether oxygens (including phenoxy) is 1. The predicted octanol–water partition coefficient (Wildman–Crippen LogP) is 1.50. The Hall–Kier alpha value is -2.77. The summed E-state index contributed by atoms with van der Waals surface area (Å²) in [4.78, 5) is 40.2. The van der Waals surface area contributed by atoms with Crippen molar-refractivity contribution in [3.05, 3.63) is 29.8 Å². The first-order valence-electron chi connectivity index (χ1n) is 8.92. The maximum atomic E-state index is 12.7. The van der Waals surface area contributed by atoms with Crippen LogP contribution in [-0.2, 0) is 16.1 Å². The zero-order valence-corrected chi connectivity index (χ0v) is 16.1. The predicted molar refractivity (Wildman–Crippen MR) is 99.4 cm³/mol. The van der Waals surface area contributed by atoms with E-state index in [1.165, 1.54) is 0 Å². The second kappa shape index (κ2) is 9.25. The summed E-state index contributed by atoms with van der Waals surface area (Å²) < 4.78 is 5.10. The van der Waals surface area contributed by atoms with E-state index < -0.39 is 5.97 Å². The van der Waals surface area contributed by atoms with Crippen LogP contribution in [0.4, 0.5) is 4.79 Å². The van der Waals surface area contributed by atoms with Crippen LogP contribution in [0, 0.1) is 5.92 Å². The van der Waals surface area contributed by atoms with Crippen molar-refractivity contribution in [2.75, 3.05) is 40.8 Å². The lowest BCUT2D eigenvalue weighted by Crippen LogP contribution is -2.46. The highest BCUT2D eigenvalue weighted by Gasteiger charge is 2.29. The Bertz CT molecular complexity index is 666. The van der Waals surface area contributed by atoms with Crippen LogP contribution in [0.3, 0.4) is 0 Å². The molecule has 8 heteroatoms. The molecule has 0 aliphatic carbocycles. The molecule has 27 heavy (non-hydrogen) atoms. The third-order valence-electron chi connectivity index (χ3n) is 4.58. The van der Waals surface area contributed by atoms with Gasteiger partial charge >= 0.3 is 12.0 Å². The number of amides is 3. The van der Waals surface area contributed by atoms with Crippen LogP contribution in [0.1, 0.15) is 18.4 Å². The van der Waals surface area contributed by atoms with Crippen LogP contribution in [0.2, 0.25) is 0 Å². The second-order valence-electron chi connectivity index (χ2n) is 6.96. The summed E-state index contributed by atoms with van der Waals surface area (Å²) in [6.45, 7) is 1.27. The van der Waals surface area contributed by atoms with Crippen molar-refractivity contribution in [3.8, 4) is 5.75 Å². The van der Waals surface area contributed by atoms with Gasteiger partial charge in [-0.3, -0.25) is 4.79 Å². The molecule has 1 saturated heterocycles. The van der Waals surface area contributed by atoms with Gasteiger partial charge in [0.25, 0.3) is 0 Å². The van der Waals surface area contributed by atoms with Crippen LogP contribution >= 0.6 is 0 Å². The number of carbonyl (C=O) groups is 3. The number of carbonyl (C=O) groups excluding carboxylic acids is 2. The monoisotopic (exact) mass is 377 g/mol. The van der Waals surface area contributed by atoms with Crippen LogP contribution in [0.15, 0.2) is 24.3 Å². The third kappa shape index (κ3) is 5.87. The zero-order valence-electron chi connectivity index (χ0n) is 16.1. The van der Waals surface area contributed by atoms with Gasteiger partial charge in [-0.15, -0.1) is 0 Å². The van der Waals surface area contributed by atoms with Gasteiger partial charge in [-0.05, 0) is 30.5 Å². The number of likely N-dealkylation sites (tertiary alicyclic amines) is 1. The summed E-state index contributed by atoms with van der Waals surface area (Å²) in [6.07, 6.45) is 1.34. The number of benzene rings is 1. The number of nitrogens with zero attached hydrogens (tertiary/aromatic N) is 3. The number of hydrogen-bond acceptors (Lipinski definition) is 4. The molecule has 2 rings (SSSR count). The number of urea groups is 1. The second-order valence-corrected chi connectivity index (χ2v) is 6.96. The van der Waals surface area contributed by atoms with Crippen molar-refractivity contribution >= 4 is 17.9 Å². The van der Waals surface area contributed by atoms with Gasteiger partial charge in [0.1, 0.15) is 5.75 Å². The minimum atomic E-state index is -1.03. The number of rotatable bonds is 6. The molecule has 1 aromatic carbocycles. The van der Waals surface area contributed by atoms with E-state index in [0.29, 0.717) is 38.2 Å². The summed E-state index contributed by atoms with van der Waals surface area (Å²) in [6, 6.07) is 7.02. The minimum Gasteiger partial charge on any atom is -0.482 e. The average Bonchev–Trinajstić information content (AvgIpc) is 2.66. The molecule has 3 amide bonds. The Kier molecular flexibility index (Phi) is 7.04. The molecule has 0 bridgehead atoms. The summed E-state index contributed by atoms with van der Waals surface area (Å²) in [5.41, 5.74) is 0.939. The van der Waals surface area contributed by atoms with E-state index in [-0.39, 0.29) is 24.5 Å². The van der Waals surface area contributed by atoms with E-state index in [4.69, 9.17) is 9.84 Å². The topological polar surface area (TPSA) is 90.4 Å². The largest absolute Gasteiger partial charge is 0.482 e. The minimum absolute atomic E-state index is 0.0144.